The molecule has 0 aromatic rings. The molecule has 38 heavy (non-hydrogen) atoms. The Morgan fingerprint density at radius 1 is 0.658 bits per heavy atom. The first-order chi connectivity index (χ1) is 18.0. The van der Waals surface area contributed by atoms with Gasteiger partial charge in [0.1, 0.15) is 47.5 Å². The Bertz CT molecular complexity index is 690. The number of ether oxygens (including phenoxy) is 2. The van der Waals surface area contributed by atoms with Crippen LogP contribution in [0.1, 0.15) is 0 Å². The molecule has 0 spiro atoms. The van der Waals surface area contributed by atoms with E-state index in [0.717, 1.165) is 23.5 Å². The average molecular weight is 591 g/mol. The van der Waals surface area contributed by atoms with E-state index >= 15 is 0 Å². The van der Waals surface area contributed by atoms with Gasteiger partial charge in [0.25, 0.3) is 0 Å². The maximum atomic E-state index is 12.1. The van der Waals surface area contributed by atoms with E-state index in [9.17, 15) is 50.4 Å². The number of hydrogen-bond acceptors (Lipinski definition) is 16. The SMILES string of the molecule is NCCN(CCNC(=O)CS[C@@H]1O[C@H](O)[C@H](O)[C@H](O)[C@H]1O)CCNC(=O)CS[C@@H]1O[C@H](O)[C@H](O)[C@H](O)[C@H]1O. The molecule has 2 rings (SSSR count). The number of aliphatic hydroxyl groups excluding tert-OH is 8. The number of amides is 2. The monoisotopic (exact) mass is 590 g/mol. The highest BCUT2D eigenvalue weighted by Gasteiger charge is 2.44. The van der Waals surface area contributed by atoms with E-state index in [0.29, 0.717) is 26.2 Å². The van der Waals surface area contributed by atoms with Crippen LogP contribution < -0.4 is 16.4 Å². The molecule has 0 bridgehead atoms. The molecule has 2 fully saturated rings. The van der Waals surface area contributed by atoms with Crippen LogP contribution >= 0.6 is 23.5 Å². The van der Waals surface area contributed by atoms with E-state index in [2.05, 4.69) is 10.6 Å². The summed E-state index contributed by atoms with van der Waals surface area (Å²) in [6, 6.07) is 0. The highest BCUT2D eigenvalue weighted by atomic mass is 32.2. The van der Waals surface area contributed by atoms with Crippen LogP contribution in [0.25, 0.3) is 0 Å². The van der Waals surface area contributed by atoms with Crippen LogP contribution in [-0.2, 0) is 19.1 Å². The van der Waals surface area contributed by atoms with Gasteiger partial charge in [-0.05, 0) is 0 Å². The fraction of sp³-hybridized carbons (Fsp3) is 0.900. The molecule has 0 unspecified atom stereocenters. The van der Waals surface area contributed by atoms with E-state index in [1.807, 2.05) is 4.90 Å². The van der Waals surface area contributed by atoms with Gasteiger partial charge in [0, 0.05) is 39.3 Å². The first-order valence-electron chi connectivity index (χ1n) is 11.9. The molecule has 18 heteroatoms. The third-order valence-corrected chi connectivity index (χ3v) is 8.09. The number of rotatable bonds is 14. The van der Waals surface area contributed by atoms with Crippen molar-refractivity contribution in [3.05, 3.63) is 0 Å². The van der Waals surface area contributed by atoms with Gasteiger partial charge in [-0.15, -0.1) is 23.5 Å². The predicted molar refractivity (Wildman–Crippen MR) is 134 cm³/mol. The first-order valence-corrected chi connectivity index (χ1v) is 14.0. The van der Waals surface area contributed by atoms with E-state index in [4.69, 9.17) is 15.2 Å². The molecule has 222 valence electrons. The predicted octanol–water partition coefficient (Wildman–Crippen LogP) is -6.54. The minimum Gasteiger partial charge on any atom is -0.387 e. The van der Waals surface area contributed by atoms with Gasteiger partial charge >= 0.3 is 0 Å². The summed E-state index contributed by atoms with van der Waals surface area (Å²) < 4.78 is 10.0. The number of nitrogens with one attached hydrogen (secondary N) is 2. The lowest BCUT2D eigenvalue weighted by Crippen LogP contribution is -2.56. The molecule has 2 heterocycles. The summed E-state index contributed by atoms with van der Waals surface area (Å²) in [6.07, 6.45) is -12.8. The van der Waals surface area contributed by atoms with Crippen LogP contribution in [0, 0.1) is 0 Å². The van der Waals surface area contributed by atoms with Crippen LogP contribution in [-0.4, -0.2) is 168 Å². The Hall–Kier alpha value is -0.840. The van der Waals surface area contributed by atoms with Gasteiger partial charge in [0.05, 0.1) is 11.5 Å². The maximum absolute atomic E-state index is 12.1. The zero-order valence-corrected chi connectivity index (χ0v) is 22.1. The van der Waals surface area contributed by atoms with Gasteiger partial charge in [-0.3, -0.25) is 14.5 Å². The van der Waals surface area contributed by atoms with Crippen LogP contribution in [0.15, 0.2) is 0 Å². The zero-order valence-electron chi connectivity index (χ0n) is 20.5. The Morgan fingerprint density at radius 3 is 1.42 bits per heavy atom. The summed E-state index contributed by atoms with van der Waals surface area (Å²) in [6.45, 7) is 2.20. The Kier molecular flexibility index (Phi) is 14.4. The fourth-order valence-corrected chi connectivity index (χ4v) is 5.52. The molecule has 16 nitrogen and oxygen atoms in total. The molecule has 0 aromatic carbocycles. The number of carbonyl (C=O) groups is 2. The van der Waals surface area contributed by atoms with E-state index in [1.165, 1.54) is 0 Å². The fourth-order valence-electron chi connectivity index (χ4n) is 3.58. The molecule has 10 atom stereocenters. The molecular weight excluding hydrogens is 552 g/mol. The molecule has 0 saturated carbocycles. The van der Waals surface area contributed by atoms with Crippen molar-refractivity contribution in [2.75, 3.05) is 50.8 Å². The van der Waals surface area contributed by atoms with Gasteiger partial charge < -0.3 is 66.7 Å². The van der Waals surface area contributed by atoms with Crippen LogP contribution in [0.5, 0.6) is 0 Å². The highest BCUT2D eigenvalue weighted by Crippen LogP contribution is 2.28. The molecule has 12 N–H and O–H groups in total. The van der Waals surface area contributed by atoms with Gasteiger partial charge in [-0.2, -0.15) is 0 Å². The number of nitrogens with zero attached hydrogens (tertiary/aromatic N) is 1. The van der Waals surface area contributed by atoms with Gasteiger partial charge in [-0.25, -0.2) is 0 Å². The van der Waals surface area contributed by atoms with Crippen LogP contribution in [0.3, 0.4) is 0 Å². The van der Waals surface area contributed by atoms with Crippen molar-refractivity contribution in [2.45, 2.75) is 60.1 Å². The third kappa shape index (κ3) is 9.97. The summed E-state index contributed by atoms with van der Waals surface area (Å²) in [5.41, 5.74) is 3.43. The summed E-state index contributed by atoms with van der Waals surface area (Å²) >= 11 is 1.72. The zero-order chi connectivity index (χ0) is 28.4. The number of thioether (sulfide) groups is 2. The molecule has 2 amide bonds. The summed E-state index contributed by atoms with van der Waals surface area (Å²) in [7, 11) is 0. The normalized spacial score (nSPS) is 35.7. The van der Waals surface area contributed by atoms with Crippen molar-refractivity contribution >= 4 is 35.3 Å². The molecular formula is C20H38N4O12S2. The molecule has 0 aliphatic carbocycles. The maximum Gasteiger partial charge on any atom is 0.230 e. The van der Waals surface area contributed by atoms with Crippen molar-refractivity contribution in [1.82, 2.24) is 15.5 Å². The second-order valence-corrected chi connectivity index (χ2v) is 10.9. The average Bonchev–Trinajstić information content (AvgIpc) is 2.88. The standard InChI is InChI=1S/C20H38N4O12S2/c21-1-4-24(5-2-22-9(25)7-37-19-15(31)11(27)13(29)17(33)35-19)6-3-23-10(26)8-38-20-16(32)12(28)14(30)18(34)36-20/h11-20,27-34H,1-8,21H2,(H,22,25)(H,23,26)/t11-,12-,13+,14+,15+,16+,17-,18-,19-,20-/m0/s1. The van der Waals surface area contributed by atoms with Crippen molar-refractivity contribution in [1.29, 1.82) is 0 Å². The number of carbonyl (C=O) groups excluding carboxylic acids is 2. The lowest BCUT2D eigenvalue weighted by atomic mass is 10.1. The second kappa shape index (κ2) is 16.4. The number of hydrogen-bond donors (Lipinski definition) is 11. The molecule has 0 radical (unpaired) electrons. The minimum atomic E-state index is -1.68. The van der Waals surface area contributed by atoms with Crippen molar-refractivity contribution in [3.63, 3.8) is 0 Å². The topological polar surface area (TPSA) is 268 Å². The van der Waals surface area contributed by atoms with Crippen molar-refractivity contribution in [2.24, 2.45) is 5.73 Å². The van der Waals surface area contributed by atoms with E-state index < -0.39 is 60.1 Å². The molecule has 2 aliphatic rings. The molecule has 2 aliphatic heterocycles. The Balaban J connectivity index is 1.63. The van der Waals surface area contributed by atoms with Gasteiger partial charge in [0.15, 0.2) is 12.6 Å². The first kappa shape index (κ1) is 33.4. The molecule has 0 aromatic heterocycles. The number of nitrogens with two attached hydrogens (primary N) is 1. The van der Waals surface area contributed by atoms with Crippen molar-refractivity contribution < 1.29 is 59.9 Å². The molecule has 2 saturated heterocycles. The minimum absolute atomic E-state index is 0.131. The van der Waals surface area contributed by atoms with Crippen LogP contribution in [0.4, 0.5) is 0 Å². The van der Waals surface area contributed by atoms with Crippen LogP contribution in [0.2, 0.25) is 0 Å². The van der Waals surface area contributed by atoms with Crippen molar-refractivity contribution in [3.8, 4) is 0 Å². The smallest absolute Gasteiger partial charge is 0.230 e. The lowest BCUT2D eigenvalue weighted by Gasteiger charge is -2.37. The largest absolute Gasteiger partial charge is 0.387 e. The lowest BCUT2D eigenvalue weighted by molar-refractivity contribution is -0.261. The van der Waals surface area contributed by atoms with Gasteiger partial charge in [-0.1, -0.05) is 0 Å². The summed E-state index contributed by atoms with van der Waals surface area (Å²) in [5, 5.41) is 82.7. The number of aliphatic hydroxyl groups is 8. The highest BCUT2D eigenvalue weighted by molar-refractivity contribution is 8.00. The summed E-state index contributed by atoms with van der Waals surface area (Å²) in [4.78, 5) is 26.2. The Morgan fingerprint density at radius 2 is 1.05 bits per heavy atom. The Labute approximate surface area is 227 Å². The quantitative estimate of drug-likeness (QED) is 0.0897. The van der Waals surface area contributed by atoms with E-state index in [-0.39, 0.29) is 36.4 Å². The summed E-state index contributed by atoms with van der Waals surface area (Å²) in [5.74, 6) is -1.02. The second-order valence-electron chi connectivity index (χ2n) is 8.69. The van der Waals surface area contributed by atoms with E-state index in [1.54, 1.807) is 0 Å². The third-order valence-electron chi connectivity index (χ3n) is 5.79. The van der Waals surface area contributed by atoms with Gasteiger partial charge in [0.2, 0.25) is 11.8 Å².